The van der Waals surface area contributed by atoms with Crippen LogP contribution in [-0.4, -0.2) is 59.0 Å². The van der Waals surface area contributed by atoms with Crippen molar-refractivity contribution in [1.29, 1.82) is 5.41 Å². The van der Waals surface area contributed by atoms with Gasteiger partial charge in [0.05, 0.1) is 12.6 Å². The molecule has 0 bridgehead atoms. The molecule has 1 aromatic carbocycles. The van der Waals surface area contributed by atoms with Crippen molar-refractivity contribution in [2.45, 2.75) is 45.1 Å². The molecule has 0 saturated carbocycles. The SMILES string of the molecule is CCn1cc(-c2cc(CN3CCOC3=N)cc(C(=O)NCC3CCCO3)c2)c(C(F)(F)F)n1. The van der Waals surface area contributed by atoms with Gasteiger partial charge in [0.2, 0.25) is 0 Å². The summed E-state index contributed by atoms with van der Waals surface area (Å²) in [5.41, 5.74) is -0.00284. The van der Waals surface area contributed by atoms with Gasteiger partial charge in [0.25, 0.3) is 11.9 Å². The van der Waals surface area contributed by atoms with E-state index < -0.39 is 17.8 Å². The number of hydrogen-bond acceptors (Lipinski definition) is 5. The number of amidine groups is 1. The first-order valence-corrected chi connectivity index (χ1v) is 10.9. The molecule has 11 heteroatoms. The summed E-state index contributed by atoms with van der Waals surface area (Å²) in [4.78, 5) is 14.6. The molecule has 2 fully saturated rings. The van der Waals surface area contributed by atoms with Crippen LogP contribution in [0.15, 0.2) is 24.4 Å². The van der Waals surface area contributed by atoms with Gasteiger partial charge in [-0.2, -0.15) is 18.3 Å². The van der Waals surface area contributed by atoms with Gasteiger partial charge in [0.1, 0.15) is 6.61 Å². The van der Waals surface area contributed by atoms with Gasteiger partial charge >= 0.3 is 6.18 Å². The number of hydrogen-bond donors (Lipinski definition) is 2. The monoisotopic (exact) mass is 465 g/mol. The first-order valence-electron chi connectivity index (χ1n) is 10.9. The van der Waals surface area contributed by atoms with Crippen LogP contribution >= 0.6 is 0 Å². The van der Waals surface area contributed by atoms with Gasteiger partial charge in [-0.15, -0.1) is 0 Å². The zero-order valence-corrected chi connectivity index (χ0v) is 18.2. The lowest BCUT2D eigenvalue weighted by molar-refractivity contribution is -0.141. The normalized spacial score (nSPS) is 18.6. The maximum absolute atomic E-state index is 13.7. The lowest BCUT2D eigenvalue weighted by atomic mass is 9.99. The van der Waals surface area contributed by atoms with Crippen molar-refractivity contribution in [3.63, 3.8) is 0 Å². The number of rotatable bonds is 7. The Kier molecular flexibility index (Phi) is 6.59. The molecule has 0 spiro atoms. The number of benzene rings is 1. The Morgan fingerprint density at radius 3 is 2.76 bits per heavy atom. The zero-order chi connectivity index (χ0) is 23.6. The number of ether oxygens (including phenoxy) is 2. The van der Waals surface area contributed by atoms with Crippen molar-refractivity contribution in [1.82, 2.24) is 20.0 Å². The minimum atomic E-state index is -4.64. The molecule has 4 rings (SSSR count). The Labute approximate surface area is 189 Å². The quantitative estimate of drug-likeness (QED) is 0.655. The van der Waals surface area contributed by atoms with Crippen LogP contribution in [0.3, 0.4) is 0 Å². The second-order valence-electron chi connectivity index (χ2n) is 8.08. The van der Waals surface area contributed by atoms with Crippen molar-refractivity contribution in [2.75, 3.05) is 26.3 Å². The fourth-order valence-electron chi connectivity index (χ4n) is 4.00. The van der Waals surface area contributed by atoms with E-state index in [1.165, 1.54) is 16.9 Å². The predicted octanol–water partition coefficient (Wildman–Crippen LogP) is 3.26. The van der Waals surface area contributed by atoms with E-state index in [1.807, 2.05) is 0 Å². The molecular formula is C22H26F3N5O3. The van der Waals surface area contributed by atoms with Gasteiger partial charge in [0.15, 0.2) is 5.69 Å². The van der Waals surface area contributed by atoms with E-state index in [2.05, 4.69) is 10.4 Å². The summed E-state index contributed by atoms with van der Waals surface area (Å²) in [6.07, 6.45) is -1.56. The highest BCUT2D eigenvalue weighted by atomic mass is 19.4. The van der Waals surface area contributed by atoms with Crippen LogP contribution in [0.4, 0.5) is 13.2 Å². The van der Waals surface area contributed by atoms with Crippen LogP contribution < -0.4 is 5.32 Å². The van der Waals surface area contributed by atoms with Gasteiger partial charge in [-0.1, -0.05) is 0 Å². The van der Waals surface area contributed by atoms with Gasteiger partial charge in [-0.25, -0.2) is 0 Å². The first-order chi connectivity index (χ1) is 15.7. The molecule has 3 heterocycles. The van der Waals surface area contributed by atoms with E-state index >= 15 is 0 Å². The molecule has 2 aromatic rings. The highest BCUT2D eigenvalue weighted by Crippen LogP contribution is 2.37. The van der Waals surface area contributed by atoms with Crippen LogP contribution in [0, 0.1) is 5.41 Å². The summed E-state index contributed by atoms with van der Waals surface area (Å²) < 4.78 is 53.0. The number of nitrogens with zero attached hydrogens (tertiary/aromatic N) is 3. The van der Waals surface area contributed by atoms with Crippen LogP contribution in [0.5, 0.6) is 0 Å². The third-order valence-corrected chi connectivity index (χ3v) is 5.70. The summed E-state index contributed by atoms with van der Waals surface area (Å²) in [7, 11) is 0. The number of halogens is 3. The summed E-state index contributed by atoms with van der Waals surface area (Å²) in [6, 6.07) is 4.69. The number of aryl methyl sites for hydroxylation is 1. The molecule has 2 aliphatic rings. The van der Waals surface area contributed by atoms with Crippen LogP contribution in [0.2, 0.25) is 0 Å². The largest absolute Gasteiger partial charge is 0.463 e. The molecular weight excluding hydrogens is 439 g/mol. The van der Waals surface area contributed by atoms with Crippen molar-refractivity contribution >= 4 is 11.9 Å². The predicted molar refractivity (Wildman–Crippen MR) is 114 cm³/mol. The Bertz CT molecular complexity index is 1030. The lowest BCUT2D eigenvalue weighted by Crippen LogP contribution is -2.32. The van der Waals surface area contributed by atoms with E-state index in [1.54, 1.807) is 24.0 Å². The smallest absolute Gasteiger partial charge is 0.435 e. The lowest BCUT2D eigenvalue weighted by Gasteiger charge is -2.17. The third-order valence-electron chi connectivity index (χ3n) is 5.70. The maximum Gasteiger partial charge on any atom is 0.435 e. The van der Waals surface area contributed by atoms with Crippen molar-refractivity contribution in [3.05, 3.63) is 41.2 Å². The van der Waals surface area contributed by atoms with Crippen molar-refractivity contribution in [3.8, 4) is 11.1 Å². The van der Waals surface area contributed by atoms with Crippen LogP contribution in [0.1, 0.15) is 41.4 Å². The number of aromatic nitrogens is 2. The zero-order valence-electron chi connectivity index (χ0n) is 18.2. The van der Waals surface area contributed by atoms with Gasteiger partial charge in [0, 0.05) is 43.6 Å². The van der Waals surface area contributed by atoms with Gasteiger partial charge in [-0.05, 0) is 49.1 Å². The van der Waals surface area contributed by atoms with Crippen LogP contribution in [-0.2, 0) is 28.7 Å². The molecule has 0 aliphatic carbocycles. The summed E-state index contributed by atoms with van der Waals surface area (Å²) >= 11 is 0. The number of nitrogens with one attached hydrogen (secondary N) is 2. The van der Waals surface area contributed by atoms with Crippen molar-refractivity contribution in [2.24, 2.45) is 0 Å². The molecule has 1 amide bonds. The summed E-state index contributed by atoms with van der Waals surface area (Å²) in [5, 5.41) is 14.4. The molecule has 178 valence electrons. The molecule has 1 unspecified atom stereocenters. The van der Waals surface area contributed by atoms with Gasteiger partial charge in [-0.3, -0.25) is 14.9 Å². The molecule has 1 aromatic heterocycles. The molecule has 2 aliphatic heterocycles. The number of amides is 1. The third kappa shape index (κ3) is 5.29. The molecule has 0 radical (unpaired) electrons. The van der Waals surface area contributed by atoms with E-state index in [0.29, 0.717) is 31.9 Å². The van der Waals surface area contributed by atoms with E-state index in [9.17, 15) is 18.0 Å². The van der Waals surface area contributed by atoms with Gasteiger partial charge < -0.3 is 19.7 Å². The molecule has 2 N–H and O–H groups in total. The number of carbonyl (C=O) groups excluding carboxylic acids is 1. The number of alkyl halides is 3. The van der Waals surface area contributed by atoms with Crippen LogP contribution in [0.25, 0.3) is 11.1 Å². The fraction of sp³-hybridized carbons (Fsp3) is 0.500. The average Bonchev–Trinajstić information content (AvgIpc) is 3.53. The highest BCUT2D eigenvalue weighted by molar-refractivity contribution is 5.96. The summed E-state index contributed by atoms with van der Waals surface area (Å²) in [6.45, 7) is 4.08. The second-order valence-corrected chi connectivity index (χ2v) is 8.08. The number of carbonyl (C=O) groups is 1. The Morgan fingerprint density at radius 2 is 2.12 bits per heavy atom. The molecule has 2 saturated heterocycles. The molecule has 8 nitrogen and oxygen atoms in total. The second kappa shape index (κ2) is 9.42. The topological polar surface area (TPSA) is 92.5 Å². The summed E-state index contributed by atoms with van der Waals surface area (Å²) in [5.74, 6) is -0.391. The van der Waals surface area contributed by atoms with E-state index in [-0.39, 0.29) is 41.9 Å². The Morgan fingerprint density at radius 1 is 1.30 bits per heavy atom. The average molecular weight is 465 g/mol. The fourth-order valence-corrected chi connectivity index (χ4v) is 4.00. The van der Waals surface area contributed by atoms with Crippen molar-refractivity contribution < 1.29 is 27.4 Å². The minimum Gasteiger partial charge on any atom is -0.463 e. The minimum absolute atomic E-state index is 0.000398. The standard InChI is InChI=1S/C22H26F3N5O3/c1-2-30-13-18(19(28-30)22(23,24)25)15-8-14(12-29-5-7-33-21(29)26)9-16(10-15)20(31)27-11-17-4-3-6-32-17/h8-10,13,17,26H,2-7,11-12H2,1H3,(H,27,31). The molecule has 1 atom stereocenters. The van der Waals surface area contributed by atoms with E-state index in [0.717, 1.165) is 12.8 Å². The first kappa shape index (κ1) is 23.1. The van der Waals surface area contributed by atoms with E-state index in [4.69, 9.17) is 14.9 Å². The Hall–Kier alpha value is -3.08. The highest BCUT2D eigenvalue weighted by Gasteiger charge is 2.37. The molecule has 33 heavy (non-hydrogen) atoms. The maximum atomic E-state index is 13.7. The Balaban J connectivity index is 1.69.